The van der Waals surface area contributed by atoms with Gasteiger partial charge in [-0.2, -0.15) is 5.10 Å². The van der Waals surface area contributed by atoms with Gasteiger partial charge in [-0.15, -0.1) is 0 Å². The molecule has 2 atom stereocenters. The maximum Gasteiger partial charge on any atom is 0.257 e. The van der Waals surface area contributed by atoms with Crippen molar-refractivity contribution in [1.29, 1.82) is 0 Å². The zero-order valence-electron chi connectivity index (χ0n) is 18.2. The van der Waals surface area contributed by atoms with Gasteiger partial charge in [0.1, 0.15) is 34.9 Å². The van der Waals surface area contributed by atoms with Crippen LogP contribution in [0.25, 0.3) is 5.52 Å². The Labute approximate surface area is 189 Å². The number of benzene rings is 1. The van der Waals surface area contributed by atoms with Crippen LogP contribution in [0.5, 0.6) is 5.75 Å². The van der Waals surface area contributed by atoms with Gasteiger partial charge in [0.2, 0.25) is 0 Å². The van der Waals surface area contributed by atoms with Gasteiger partial charge in [-0.3, -0.25) is 4.79 Å². The first-order chi connectivity index (χ1) is 16.0. The van der Waals surface area contributed by atoms with E-state index < -0.39 is 17.2 Å². The molecule has 3 saturated heterocycles. The van der Waals surface area contributed by atoms with Crippen LogP contribution in [0.1, 0.15) is 37.3 Å². The van der Waals surface area contributed by atoms with Gasteiger partial charge >= 0.3 is 0 Å². The lowest BCUT2D eigenvalue weighted by molar-refractivity contribution is -0.140. The molecular formula is C24H24F2N4O3. The van der Waals surface area contributed by atoms with Crippen molar-refractivity contribution < 1.29 is 23.0 Å². The van der Waals surface area contributed by atoms with Crippen LogP contribution in [-0.2, 0) is 9.53 Å². The van der Waals surface area contributed by atoms with E-state index in [1.165, 1.54) is 12.1 Å². The number of amides is 1. The second-order valence-corrected chi connectivity index (χ2v) is 8.95. The molecule has 0 bridgehead atoms. The fourth-order valence-corrected chi connectivity index (χ4v) is 5.63. The minimum Gasteiger partial charge on any atom is -0.494 e. The molecule has 1 spiro atoms. The highest BCUT2D eigenvalue weighted by atomic mass is 19.1. The number of aromatic nitrogens is 2. The van der Waals surface area contributed by atoms with Crippen molar-refractivity contribution in [3.05, 3.63) is 59.8 Å². The molecule has 172 valence electrons. The Hall–Kier alpha value is -3.20. The molecule has 5 heterocycles. The smallest absolute Gasteiger partial charge is 0.257 e. The van der Waals surface area contributed by atoms with Crippen LogP contribution in [0, 0.1) is 11.6 Å². The molecule has 0 aliphatic carbocycles. The Kier molecular flexibility index (Phi) is 4.58. The van der Waals surface area contributed by atoms with E-state index >= 15 is 0 Å². The average Bonchev–Trinajstić information content (AvgIpc) is 3.50. The molecule has 3 aliphatic heterocycles. The fraction of sp³-hybridized carbons (Fsp3) is 0.417. The minimum absolute atomic E-state index is 0.0710. The molecule has 6 rings (SSSR count). The lowest BCUT2D eigenvalue weighted by Crippen LogP contribution is -2.50. The van der Waals surface area contributed by atoms with E-state index in [0.717, 1.165) is 23.2 Å². The average molecular weight is 454 g/mol. The molecule has 33 heavy (non-hydrogen) atoms. The van der Waals surface area contributed by atoms with Gasteiger partial charge in [-0.25, -0.2) is 13.3 Å². The molecule has 1 amide bonds. The number of carbonyl (C=O) groups is 1. The Balaban J connectivity index is 1.23. The van der Waals surface area contributed by atoms with Crippen molar-refractivity contribution in [2.45, 2.75) is 43.6 Å². The molecule has 1 aromatic carbocycles. The highest BCUT2D eigenvalue weighted by Gasteiger charge is 2.58. The lowest BCUT2D eigenvalue weighted by Gasteiger charge is -2.38. The monoisotopic (exact) mass is 454 g/mol. The molecule has 0 unspecified atom stereocenters. The van der Waals surface area contributed by atoms with Crippen LogP contribution in [0.4, 0.5) is 14.6 Å². The van der Waals surface area contributed by atoms with E-state index in [9.17, 15) is 13.6 Å². The minimum atomic E-state index is -0.887. The number of hydrogen-bond acceptors (Lipinski definition) is 5. The lowest BCUT2D eigenvalue weighted by atomic mass is 9.89. The topological polar surface area (TPSA) is 59.3 Å². The van der Waals surface area contributed by atoms with Gasteiger partial charge in [0.15, 0.2) is 5.60 Å². The summed E-state index contributed by atoms with van der Waals surface area (Å²) in [7, 11) is 1.63. The van der Waals surface area contributed by atoms with Crippen LogP contribution >= 0.6 is 0 Å². The van der Waals surface area contributed by atoms with Crippen molar-refractivity contribution in [2.75, 3.05) is 25.1 Å². The zero-order valence-corrected chi connectivity index (χ0v) is 18.2. The largest absolute Gasteiger partial charge is 0.494 e. The molecule has 3 fully saturated rings. The van der Waals surface area contributed by atoms with Gasteiger partial charge in [0.25, 0.3) is 5.91 Å². The van der Waals surface area contributed by atoms with Crippen molar-refractivity contribution in [3.8, 4) is 5.75 Å². The number of nitrogens with zero attached hydrogens (tertiary/aromatic N) is 4. The number of ether oxygens (including phenoxy) is 2. The van der Waals surface area contributed by atoms with Gasteiger partial charge in [0, 0.05) is 32.0 Å². The van der Waals surface area contributed by atoms with Crippen LogP contribution in [0.2, 0.25) is 0 Å². The summed E-state index contributed by atoms with van der Waals surface area (Å²) in [6.07, 6.45) is 3.76. The Bertz CT molecular complexity index is 1220. The van der Waals surface area contributed by atoms with E-state index in [0.29, 0.717) is 44.3 Å². The van der Waals surface area contributed by atoms with Crippen molar-refractivity contribution in [2.24, 2.45) is 0 Å². The first-order valence-electron chi connectivity index (χ1n) is 11.2. The maximum absolute atomic E-state index is 13.8. The van der Waals surface area contributed by atoms with Crippen molar-refractivity contribution in [1.82, 2.24) is 14.5 Å². The number of carbonyl (C=O) groups excluding carboxylic acids is 1. The predicted molar refractivity (Wildman–Crippen MR) is 116 cm³/mol. The molecule has 9 heteroatoms. The highest BCUT2D eigenvalue weighted by molar-refractivity contribution is 5.88. The molecule has 2 aromatic heterocycles. The number of methoxy groups -OCH3 is 1. The van der Waals surface area contributed by atoms with Gasteiger partial charge in [0.05, 0.1) is 19.3 Å². The maximum atomic E-state index is 13.8. The van der Waals surface area contributed by atoms with Crippen LogP contribution in [0.3, 0.4) is 0 Å². The summed E-state index contributed by atoms with van der Waals surface area (Å²) in [5.74, 6) is 0.351. The Morgan fingerprint density at radius 3 is 2.58 bits per heavy atom. The summed E-state index contributed by atoms with van der Waals surface area (Å²) < 4.78 is 41.3. The number of halogens is 2. The SMILES string of the molecule is COc1ccc(N2CCC3(CC2)O[C@@H]2CC[C@@H](c4cc(F)cc(F)c4)N2C3=O)n2nccc12. The standard InChI is InChI=1S/C24H24F2N4O3/c1-32-20-3-4-21(30-19(20)6-9-27-30)28-10-7-24(8-11-28)23(31)29-18(2-5-22(29)33-24)15-12-16(25)14-17(26)13-15/h3-4,6,9,12-14,18,22H,2,5,7-8,10-11H2,1H3/t18-,22+/m0/s1. The van der Waals surface area contributed by atoms with Gasteiger partial charge in [-0.05, 0) is 48.7 Å². The molecule has 3 aliphatic rings. The van der Waals surface area contributed by atoms with E-state index in [2.05, 4.69) is 10.00 Å². The van der Waals surface area contributed by atoms with E-state index in [-0.39, 0.29) is 18.2 Å². The summed E-state index contributed by atoms with van der Waals surface area (Å²) in [4.78, 5) is 17.5. The quantitative estimate of drug-likeness (QED) is 0.604. The van der Waals surface area contributed by atoms with Crippen molar-refractivity contribution >= 4 is 17.2 Å². The number of hydrogen-bond donors (Lipinski definition) is 0. The number of piperidine rings is 1. The summed E-state index contributed by atoms with van der Waals surface area (Å²) in [6.45, 7) is 1.26. The summed E-state index contributed by atoms with van der Waals surface area (Å²) >= 11 is 0. The molecule has 7 nitrogen and oxygen atoms in total. The van der Waals surface area contributed by atoms with E-state index in [1.807, 2.05) is 22.7 Å². The second kappa shape index (κ2) is 7.41. The van der Waals surface area contributed by atoms with Crippen LogP contribution in [0.15, 0.2) is 42.6 Å². The summed E-state index contributed by atoms with van der Waals surface area (Å²) in [5, 5.41) is 4.44. The second-order valence-electron chi connectivity index (χ2n) is 8.95. The van der Waals surface area contributed by atoms with Crippen LogP contribution in [-0.4, -0.2) is 52.4 Å². The van der Waals surface area contributed by atoms with E-state index in [1.54, 1.807) is 18.2 Å². The Morgan fingerprint density at radius 2 is 1.85 bits per heavy atom. The third kappa shape index (κ3) is 3.09. The number of fused-ring (bicyclic) bond motifs is 2. The van der Waals surface area contributed by atoms with Crippen molar-refractivity contribution in [3.63, 3.8) is 0 Å². The molecule has 0 saturated carbocycles. The first-order valence-corrected chi connectivity index (χ1v) is 11.2. The number of rotatable bonds is 3. The zero-order chi connectivity index (χ0) is 22.7. The van der Waals surface area contributed by atoms with Crippen LogP contribution < -0.4 is 9.64 Å². The third-order valence-corrected chi connectivity index (χ3v) is 7.20. The number of pyridine rings is 1. The van der Waals surface area contributed by atoms with E-state index in [4.69, 9.17) is 9.47 Å². The summed E-state index contributed by atoms with van der Waals surface area (Å²) in [6, 6.07) is 8.92. The normalized spacial score (nSPS) is 24.2. The first kappa shape index (κ1) is 20.4. The highest BCUT2D eigenvalue weighted by Crippen LogP contribution is 2.48. The van der Waals surface area contributed by atoms with Gasteiger partial charge in [-0.1, -0.05) is 0 Å². The number of anilines is 1. The Morgan fingerprint density at radius 1 is 1.09 bits per heavy atom. The molecular weight excluding hydrogens is 430 g/mol. The molecule has 3 aromatic rings. The van der Waals surface area contributed by atoms with Gasteiger partial charge < -0.3 is 19.3 Å². The predicted octanol–water partition coefficient (Wildman–Crippen LogP) is 3.68. The third-order valence-electron chi connectivity index (χ3n) is 7.20. The fourth-order valence-electron chi connectivity index (χ4n) is 5.63. The summed E-state index contributed by atoms with van der Waals surface area (Å²) in [5.41, 5.74) is 0.483. The molecule has 0 radical (unpaired) electrons. The molecule has 0 N–H and O–H groups in total.